The van der Waals surface area contributed by atoms with Crippen LogP contribution in [0.5, 0.6) is 0 Å². The molecule has 3 aromatic rings. The fourth-order valence-electron chi connectivity index (χ4n) is 4.27. The van der Waals surface area contributed by atoms with Crippen molar-refractivity contribution in [2.45, 2.75) is 44.2 Å². The maximum absolute atomic E-state index is 14.5. The number of aromatic nitrogens is 2. The van der Waals surface area contributed by atoms with Gasteiger partial charge in [-0.1, -0.05) is 24.3 Å². The van der Waals surface area contributed by atoms with Crippen LogP contribution in [0.15, 0.2) is 47.3 Å². The number of nitrogens with zero attached hydrogens (tertiary/aromatic N) is 1. The van der Waals surface area contributed by atoms with E-state index in [9.17, 15) is 18.8 Å². The van der Waals surface area contributed by atoms with Gasteiger partial charge in [0, 0.05) is 23.9 Å². The standard InChI is InChI=1S/C23H24FN5O3/c24-19-9-8-13(11-20-16-6-1-2-7-17(16)22(31)29-28-20)10-18(19)21(30)26-14-4-3-5-15(12-14)27-23(25)32/h1-2,6-10,14-15H,3-5,11-12H2,(H,26,30)(H,29,31)(H3,25,27,32). The van der Waals surface area contributed by atoms with Crippen molar-refractivity contribution >= 4 is 22.7 Å². The average molecular weight is 437 g/mol. The smallest absolute Gasteiger partial charge is 0.312 e. The summed E-state index contributed by atoms with van der Waals surface area (Å²) in [7, 11) is 0. The van der Waals surface area contributed by atoms with Crippen LogP contribution in [0.2, 0.25) is 0 Å². The molecular weight excluding hydrogens is 413 g/mol. The van der Waals surface area contributed by atoms with E-state index in [2.05, 4.69) is 20.8 Å². The summed E-state index contributed by atoms with van der Waals surface area (Å²) in [5, 5.41) is 13.4. The highest BCUT2D eigenvalue weighted by atomic mass is 19.1. The van der Waals surface area contributed by atoms with Crippen LogP contribution in [0.3, 0.4) is 0 Å². The maximum Gasteiger partial charge on any atom is 0.312 e. The Hall–Kier alpha value is -3.75. The van der Waals surface area contributed by atoms with Crippen LogP contribution in [0.4, 0.5) is 9.18 Å². The molecule has 0 spiro atoms. The van der Waals surface area contributed by atoms with E-state index in [0.29, 0.717) is 34.9 Å². The van der Waals surface area contributed by atoms with Crippen LogP contribution in [0.1, 0.15) is 47.3 Å². The number of carbonyl (C=O) groups is 2. The van der Waals surface area contributed by atoms with E-state index in [4.69, 9.17) is 5.73 Å². The van der Waals surface area contributed by atoms with E-state index in [1.165, 1.54) is 12.1 Å². The first-order chi connectivity index (χ1) is 15.4. The summed E-state index contributed by atoms with van der Waals surface area (Å²) in [5.41, 5.74) is 6.18. The van der Waals surface area contributed by atoms with Gasteiger partial charge in [0.1, 0.15) is 5.82 Å². The lowest BCUT2D eigenvalue weighted by molar-refractivity contribution is 0.0920. The van der Waals surface area contributed by atoms with Crippen LogP contribution in [0, 0.1) is 5.82 Å². The molecule has 1 aliphatic rings. The molecule has 9 heteroatoms. The first kappa shape index (κ1) is 21.5. The van der Waals surface area contributed by atoms with Crippen molar-refractivity contribution < 1.29 is 14.0 Å². The molecule has 166 valence electrons. The number of hydrogen-bond acceptors (Lipinski definition) is 4. The van der Waals surface area contributed by atoms with Gasteiger partial charge in [0.2, 0.25) is 0 Å². The second-order valence-corrected chi connectivity index (χ2v) is 8.08. The molecule has 8 nitrogen and oxygen atoms in total. The zero-order valence-electron chi connectivity index (χ0n) is 17.4. The number of benzene rings is 2. The lowest BCUT2D eigenvalue weighted by Crippen LogP contribution is -2.47. The number of halogens is 1. The normalized spacial score (nSPS) is 18.3. The molecule has 4 rings (SSSR count). The van der Waals surface area contributed by atoms with Gasteiger partial charge in [0.05, 0.1) is 16.6 Å². The second kappa shape index (κ2) is 9.17. The Kier molecular flexibility index (Phi) is 6.16. The Labute approximate surface area is 183 Å². The Morgan fingerprint density at radius 3 is 2.56 bits per heavy atom. The van der Waals surface area contributed by atoms with Crippen molar-refractivity contribution in [3.05, 3.63) is 75.5 Å². The van der Waals surface area contributed by atoms with Crippen molar-refractivity contribution in [3.63, 3.8) is 0 Å². The zero-order chi connectivity index (χ0) is 22.7. The Morgan fingerprint density at radius 1 is 1.09 bits per heavy atom. The number of nitrogens with one attached hydrogen (secondary N) is 3. The number of amides is 3. The molecule has 32 heavy (non-hydrogen) atoms. The molecule has 2 aromatic carbocycles. The predicted molar refractivity (Wildman–Crippen MR) is 118 cm³/mol. The van der Waals surface area contributed by atoms with Crippen LogP contribution in [0.25, 0.3) is 10.8 Å². The summed E-state index contributed by atoms with van der Waals surface area (Å²) in [5.74, 6) is -1.12. The number of rotatable bonds is 5. The number of hydrogen-bond donors (Lipinski definition) is 4. The summed E-state index contributed by atoms with van der Waals surface area (Å²) in [4.78, 5) is 35.9. The minimum Gasteiger partial charge on any atom is -0.352 e. The predicted octanol–water partition coefficient (Wildman–Crippen LogP) is 2.36. The Balaban J connectivity index is 1.52. The van der Waals surface area contributed by atoms with Gasteiger partial charge < -0.3 is 16.4 Å². The van der Waals surface area contributed by atoms with Crippen LogP contribution >= 0.6 is 0 Å². The maximum atomic E-state index is 14.5. The highest BCUT2D eigenvalue weighted by molar-refractivity contribution is 5.95. The van der Waals surface area contributed by atoms with Gasteiger partial charge in [-0.25, -0.2) is 14.3 Å². The monoisotopic (exact) mass is 437 g/mol. The summed E-state index contributed by atoms with van der Waals surface area (Å²) in [6.45, 7) is 0. The van der Waals surface area contributed by atoms with E-state index in [-0.39, 0.29) is 23.2 Å². The number of urea groups is 1. The van der Waals surface area contributed by atoms with E-state index in [1.54, 1.807) is 18.2 Å². The lowest BCUT2D eigenvalue weighted by Gasteiger charge is -2.30. The molecule has 2 unspecified atom stereocenters. The molecule has 3 amide bonds. The van der Waals surface area contributed by atoms with Crippen LogP contribution < -0.4 is 21.9 Å². The fourth-order valence-corrected chi connectivity index (χ4v) is 4.27. The van der Waals surface area contributed by atoms with Gasteiger partial charge in [-0.05, 0) is 49.4 Å². The number of primary amides is 1. The molecular formula is C23H24FN5O3. The summed E-state index contributed by atoms with van der Waals surface area (Å²) in [6.07, 6.45) is 3.23. The molecule has 0 radical (unpaired) electrons. The average Bonchev–Trinajstić information content (AvgIpc) is 2.77. The third-order valence-electron chi connectivity index (χ3n) is 5.78. The molecule has 1 aliphatic carbocycles. The van der Waals surface area contributed by atoms with Crippen molar-refractivity contribution in [2.75, 3.05) is 0 Å². The van der Waals surface area contributed by atoms with Gasteiger partial charge >= 0.3 is 6.03 Å². The van der Waals surface area contributed by atoms with Gasteiger partial charge in [0.25, 0.3) is 11.5 Å². The SMILES string of the molecule is NC(=O)NC1CCCC(NC(=O)c2cc(Cc3n[nH]c(=O)c4ccccc34)ccc2F)C1. The summed E-state index contributed by atoms with van der Waals surface area (Å²) < 4.78 is 14.5. The molecule has 1 aromatic heterocycles. The largest absolute Gasteiger partial charge is 0.352 e. The number of aromatic amines is 1. The lowest BCUT2D eigenvalue weighted by atomic mass is 9.90. The van der Waals surface area contributed by atoms with E-state index >= 15 is 0 Å². The third kappa shape index (κ3) is 4.77. The fraction of sp³-hybridized carbons (Fsp3) is 0.304. The Bertz CT molecular complexity index is 1230. The van der Waals surface area contributed by atoms with Gasteiger partial charge in [-0.3, -0.25) is 9.59 Å². The zero-order valence-corrected chi connectivity index (χ0v) is 17.4. The van der Waals surface area contributed by atoms with Crippen LogP contribution in [-0.2, 0) is 6.42 Å². The molecule has 0 bridgehead atoms. The number of fused-ring (bicyclic) bond motifs is 1. The van der Waals surface area contributed by atoms with Gasteiger partial charge in [-0.2, -0.15) is 5.10 Å². The molecule has 0 aliphatic heterocycles. The number of carbonyl (C=O) groups excluding carboxylic acids is 2. The van der Waals surface area contributed by atoms with Crippen molar-refractivity contribution in [2.24, 2.45) is 5.73 Å². The highest BCUT2D eigenvalue weighted by Crippen LogP contribution is 2.21. The number of nitrogens with two attached hydrogens (primary N) is 1. The minimum atomic E-state index is -0.617. The molecule has 1 heterocycles. The highest BCUT2D eigenvalue weighted by Gasteiger charge is 2.25. The minimum absolute atomic E-state index is 0.0544. The molecule has 1 saturated carbocycles. The summed E-state index contributed by atoms with van der Waals surface area (Å²) >= 11 is 0. The van der Waals surface area contributed by atoms with E-state index < -0.39 is 17.8 Å². The van der Waals surface area contributed by atoms with Crippen molar-refractivity contribution in [1.82, 2.24) is 20.8 Å². The third-order valence-corrected chi connectivity index (χ3v) is 5.78. The Morgan fingerprint density at radius 2 is 1.81 bits per heavy atom. The van der Waals surface area contributed by atoms with Gasteiger partial charge in [0.15, 0.2) is 0 Å². The second-order valence-electron chi connectivity index (χ2n) is 8.08. The quantitative estimate of drug-likeness (QED) is 0.488. The van der Waals surface area contributed by atoms with E-state index in [1.807, 2.05) is 12.1 Å². The number of H-pyrrole nitrogens is 1. The topological polar surface area (TPSA) is 130 Å². The molecule has 1 fully saturated rings. The van der Waals surface area contributed by atoms with E-state index in [0.717, 1.165) is 19.3 Å². The summed E-state index contributed by atoms with van der Waals surface area (Å²) in [6, 6.07) is 10.6. The van der Waals surface area contributed by atoms with Crippen molar-refractivity contribution in [3.8, 4) is 0 Å². The first-order valence-corrected chi connectivity index (χ1v) is 10.5. The molecule has 2 atom stereocenters. The molecule has 5 N–H and O–H groups in total. The van der Waals surface area contributed by atoms with Crippen LogP contribution in [-0.4, -0.2) is 34.2 Å². The van der Waals surface area contributed by atoms with Gasteiger partial charge in [-0.15, -0.1) is 0 Å². The van der Waals surface area contributed by atoms with Crippen molar-refractivity contribution in [1.29, 1.82) is 0 Å². The molecule has 0 saturated heterocycles. The first-order valence-electron chi connectivity index (χ1n) is 10.5.